The molecule has 6 nitrogen and oxygen atoms in total. The number of carboxylic acid groups (broad SMARTS) is 1. The van der Waals surface area contributed by atoms with E-state index in [0.717, 1.165) is 31.3 Å². The number of hydrogen-bond donors (Lipinski definition) is 3. The SMILES string of the molecule is C#Cc1c(F)ccc2cc(O)cc(-c3ncc4c(C5[C@H]6CNC[C@@H]56)cn(C5CC5)c4c3F)c12.O=C(O)C(F)(F)F. The van der Waals surface area contributed by atoms with Gasteiger partial charge in [-0.3, -0.25) is 4.98 Å². The van der Waals surface area contributed by atoms with Crippen LogP contribution in [0.2, 0.25) is 0 Å². The number of rotatable bonds is 3. The highest BCUT2D eigenvalue weighted by Crippen LogP contribution is 2.58. The lowest BCUT2D eigenvalue weighted by molar-refractivity contribution is -0.192. The van der Waals surface area contributed by atoms with E-state index in [-0.39, 0.29) is 17.0 Å². The maximum absolute atomic E-state index is 16.3. The summed E-state index contributed by atoms with van der Waals surface area (Å²) in [5.41, 5.74) is 2.15. The van der Waals surface area contributed by atoms with Crippen molar-refractivity contribution in [2.24, 2.45) is 11.8 Å². The molecule has 1 aliphatic heterocycles. The molecule has 0 spiro atoms. The van der Waals surface area contributed by atoms with Crippen molar-refractivity contribution >= 4 is 27.6 Å². The Hall–Kier alpha value is -4.17. The van der Waals surface area contributed by atoms with E-state index in [2.05, 4.69) is 27.0 Å². The van der Waals surface area contributed by atoms with Crippen LogP contribution in [0.1, 0.15) is 35.9 Å². The fourth-order valence-corrected chi connectivity index (χ4v) is 5.95. The molecule has 7 rings (SSSR count). The van der Waals surface area contributed by atoms with Crippen LogP contribution in [0, 0.1) is 35.8 Å². The van der Waals surface area contributed by atoms with Gasteiger partial charge >= 0.3 is 12.1 Å². The van der Waals surface area contributed by atoms with Crippen molar-refractivity contribution < 1.29 is 37.0 Å². The molecule has 3 N–H and O–H groups in total. The first-order chi connectivity index (χ1) is 19.0. The molecule has 1 unspecified atom stereocenters. The van der Waals surface area contributed by atoms with Gasteiger partial charge in [0.1, 0.15) is 17.3 Å². The molecule has 11 heteroatoms. The molecule has 40 heavy (non-hydrogen) atoms. The van der Waals surface area contributed by atoms with Crippen molar-refractivity contribution in [3.63, 3.8) is 0 Å². The van der Waals surface area contributed by atoms with Crippen molar-refractivity contribution in [1.29, 1.82) is 0 Å². The van der Waals surface area contributed by atoms with E-state index in [1.807, 2.05) is 0 Å². The van der Waals surface area contributed by atoms with E-state index in [0.29, 0.717) is 45.6 Å². The zero-order valence-electron chi connectivity index (χ0n) is 20.8. The molecule has 2 saturated carbocycles. The number of carbonyl (C=O) groups is 1. The topological polar surface area (TPSA) is 87.4 Å². The second-order valence-electron chi connectivity index (χ2n) is 10.4. The molecule has 206 valence electrons. The molecular weight excluding hydrogens is 533 g/mol. The van der Waals surface area contributed by atoms with Crippen LogP contribution >= 0.6 is 0 Å². The molecule has 3 aliphatic rings. The van der Waals surface area contributed by atoms with E-state index < -0.39 is 23.8 Å². The summed E-state index contributed by atoms with van der Waals surface area (Å²) in [5, 5.41) is 22.7. The van der Waals surface area contributed by atoms with E-state index in [4.69, 9.17) is 16.3 Å². The van der Waals surface area contributed by atoms with Gasteiger partial charge in [0.25, 0.3) is 0 Å². The summed E-state index contributed by atoms with van der Waals surface area (Å²) in [6.45, 7) is 2.02. The second kappa shape index (κ2) is 9.20. The highest BCUT2D eigenvalue weighted by Gasteiger charge is 2.54. The van der Waals surface area contributed by atoms with Crippen LogP contribution in [0.4, 0.5) is 22.0 Å². The third-order valence-corrected chi connectivity index (χ3v) is 7.93. The second-order valence-corrected chi connectivity index (χ2v) is 10.4. The minimum Gasteiger partial charge on any atom is -0.508 e. The predicted octanol–water partition coefficient (Wildman–Crippen LogP) is 5.72. The number of terminal acetylenes is 1. The number of hydrogen-bond acceptors (Lipinski definition) is 4. The van der Waals surface area contributed by atoms with Crippen molar-refractivity contribution in [2.75, 3.05) is 13.1 Å². The molecule has 0 bridgehead atoms. The summed E-state index contributed by atoms with van der Waals surface area (Å²) >= 11 is 0. The molecule has 4 aromatic rings. The normalized spacial score (nSPS) is 21.6. The lowest BCUT2D eigenvalue weighted by atomic mass is 9.95. The van der Waals surface area contributed by atoms with Gasteiger partial charge in [0.2, 0.25) is 0 Å². The monoisotopic (exact) mass is 555 g/mol. The number of fused-ring (bicyclic) bond motifs is 3. The molecule has 2 aromatic heterocycles. The highest BCUT2D eigenvalue weighted by atomic mass is 19.4. The van der Waals surface area contributed by atoms with Crippen LogP contribution in [0.25, 0.3) is 32.9 Å². The maximum Gasteiger partial charge on any atom is 0.490 e. The first-order valence-corrected chi connectivity index (χ1v) is 12.6. The lowest BCUT2D eigenvalue weighted by Crippen LogP contribution is -2.21. The Balaban J connectivity index is 0.000000370. The first kappa shape index (κ1) is 26.1. The van der Waals surface area contributed by atoms with Gasteiger partial charge in [0.15, 0.2) is 5.82 Å². The largest absolute Gasteiger partial charge is 0.508 e. The van der Waals surface area contributed by atoms with E-state index in [9.17, 15) is 22.7 Å². The van der Waals surface area contributed by atoms with Crippen LogP contribution in [0.3, 0.4) is 0 Å². The number of pyridine rings is 1. The fourth-order valence-electron chi connectivity index (χ4n) is 5.95. The fraction of sp³-hybridized carbons (Fsp3) is 0.310. The van der Waals surface area contributed by atoms with Gasteiger partial charge in [-0.15, -0.1) is 6.42 Å². The van der Waals surface area contributed by atoms with Gasteiger partial charge in [-0.2, -0.15) is 13.2 Å². The van der Waals surface area contributed by atoms with Crippen LogP contribution in [0.15, 0.2) is 36.7 Å². The Morgan fingerprint density at radius 1 is 1.15 bits per heavy atom. The van der Waals surface area contributed by atoms with Crippen LogP contribution in [0.5, 0.6) is 5.75 Å². The van der Waals surface area contributed by atoms with Crippen LogP contribution < -0.4 is 5.32 Å². The molecule has 0 radical (unpaired) electrons. The number of nitrogens with one attached hydrogen (secondary N) is 1. The Labute approximate surface area is 224 Å². The number of benzene rings is 2. The van der Waals surface area contributed by atoms with Crippen molar-refractivity contribution in [1.82, 2.24) is 14.9 Å². The first-order valence-electron chi connectivity index (χ1n) is 12.6. The number of alkyl halides is 3. The highest BCUT2D eigenvalue weighted by molar-refractivity contribution is 6.02. The van der Waals surface area contributed by atoms with Gasteiger partial charge in [0, 0.05) is 34.8 Å². The summed E-state index contributed by atoms with van der Waals surface area (Å²) in [7, 11) is 0. The summed E-state index contributed by atoms with van der Waals surface area (Å²) in [6.07, 6.45) is 6.46. The lowest BCUT2D eigenvalue weighted by Gasteiger charge is -2.13. The summed E-state index contributed by atoms with van der Waals surface area (Å²) < 4.78 is 64.6. The zero-order chi connectivity index (χ0) is 28.5. The van der Waals surface area contributed by atoms with Crippen LogP contribution in [-0.4, -0.2) is 45.0 Å². The van der Waals surface area contributed by atoms with Crippen molar-refractivity contribution in [2.45, 2.75) is 31.0 Å². The molecule has 2 aromatic carbocycles. The van der Waals surface area contributed by atoms with E-state index in [1.54, 1.807) is 6.20 Å². The number of halogens is 5. The number of phenolic OH excluding ortho intramolecular Hbond substituents is 1. The minimum atomic E-state index is -5.08. The van der Waals surface area contributed by atoms with Crippen molar-refractivity contribution in [3.05, 3.63) is 59.4 Å². The number of aromatic nitrogens is 2. The number of piperidine rings is 1. The Bertz CT molecular complexity index is 1730. The quantitative estimate of drug-likeness (QED) is 0.222. The van der Waals surface area contributed by atoms with Gasteiger partial charge in [-0.25, -0.2) is 13.6 Å². The van der Waals surface area contributed by atoms with Crippen molar-refractivity contribution in [3.8, 4) is 29.4 Å². The van der Waals surface area contributed by atoms with Crippen LogP contribution in [-0.2, 0) is 4.79 Å². The Morgan fingerprint density at radius 3 is 2.42 bits per heavy atom. The predicted molar refractivity (Wildman–Crippen MR) is 137 cm³/mol. The van der Waals surface area contributed by atoms with E-state index >= 15 is 4.39 Å². The summed E-state index contributed by atoms with van der Waals surface area (Å²) in [6, 6.07) is 6.01. The molecule has 3 fully saturated rings. The number of nitrogens with zero attached hydrogens (tertiary/aromatic N) is 2. The Kier molecular flexibility index (Phi) is 6.00. The van der Waals surface area contributed by atoms with Gasteiger partial charge in [-0.05, 0) is 72.8 Å². The van der Waals surface area contributed by atoms with Gasteiger partial charge < -0.3 is 20.1 Å². The standard InChI is InChI=1S/C27H21F2N3O.C2HF3O2/c1-2-16-22(28)6-3-13-7-15(33)8-17(23(13)16)26-25(29)27-20(11-31-26)21(12-32(27)14-4-5-14)24-18-9-30-10-19(18)24;3-2(4,5)1(6)7/h1,3,6-8,11-12,14,18-19,24,30,33H,4-5,9-10H2;(H,6,7)/t18-,19+,24?;. The molecule has 1 saturated heterocycles. The van der Waals surface area contributed by atoms with Gasteiger partial charge in [0.05, 0.1) is 11.1 Å². The molecular formula is C29H22F5N3O3. The average Bonchev–Trinajstić information content (AvgIpc) is 3.78. The molecule has 2 aliphatic carbocycles. The average molecular weight is 556 g/mol. The molecule has 3 heterocycles. The zero-order valence-corrected chi connectivity index (χ0v) is 20.8. The summed E-state index contributed by atoms with van der Waals surface area (Å²) in [5.74, 6) is 0.253. The third-order valence-electron chi connectivity index (χ3n) is 7.93. The molecule has 0 amide bonds. The summed E-state index contributed by atoms with van der Waals surface area (Å²) in [4.78, 5) is 13.4. The minimum absolute atomic E-state index is 0.0420. The number of aromatic hydroxyl groups is 1. The number of aliphatic carboxylic acids is 1. The number of carboxylic acids is 1. The van der Waals surface area contributed by atoms with E-state index in [1.165, 1.54) is 29.8 Å². The Morgan fingerprint density at radius 2 is 1.82 bits per heavy atom. The smallest absolute Gasteiger partial charge is 0.490 e. The third kappa shape index (κ3) is 4.23. The maximum atomic E-state index is 16.3. The molecule has 3 atom stereocenters. The van der Waals surface area contributed by atoms with Gasteiger partial charge in [-0.1, -0.05) is 12.0 Å². The number of phenols is 1.